The second-order valence-electron chi connectivity index (χ2n) is 3.38. The Morgan fingerprint density at radius 1 is 1.31 bits per heavy atom. The molecule has 1 aromatic carbocycles. The minimum atomic E-state index is -0.236. The second kappa shape index (κ2) is 4.22. The zero-order valence-corrected chi connectivity index (χ0v) is 8.78. The minimum Gasteiger partial charge on any atom is -0.486 e. The number of anilines is 1. The lowest BCUT2D eigenvalue weighted by atomic mass is 10.1. The van der Waals surface area contributed by atoms with Crippen LogP contribution in [0.25, 0.3) is 0 Å². The molecular weight excluding hydrogens is 210 g/mol. The topological polar surface area (TPSA) is 64.6 Å². The fourth-order valence-electron chi connectivity index (χ4n) is 1.50. The summed E-state index contributed by atoms with van der Waals surface area (Å²) in [7, 11) is 0. The molecule has 0 saturated carbocycles. The summed E-state index contributed by atoms with van der Waals surface area (Å²) in [6, 6.07) is 3.16. The number of hydrogen-bond donors (Lipinski definition) is 1. The quantitative estimate of drug-likeness (QED) is 0.763. The lowest BCUT2D eigenvalue weighted by Crippen LogP contribution is -2.16. The maximum atomic E-state index is 11.0. The molecule has 1 aliphatic heterocycles. The van der Waals surface area contributed by atoms with Gasteiger partial charge in [-0.3, -0.25) is 9.59 Å². The highest BCUT2D eigenvalue weighted by Gasteiger charge is 2.15. The molecule has 0 unspecified atom stereocenters. The average molecular weight is 221 g/mol. The fourth-order valence-corrected chi connectivity index (χ4v) is 1.50. The van der Waals surface area contributed by atoms with Crippen LogP contribution in [0.4, 0.5) is 5.69 Å². The Bertz CT molecular complexity index is 442. The molecule has 0 aliphatic carbocycles. The Morgan fingerprint density at radius 3 is 2.50 bits per heavy atom. The molecule has 0 bridgehead atoms. The van der Waals surface area contributed by atoms with Crippen molar-refractivity contribution in [2.24, 2.45) is 0 Å². The molecule has 1 N–H and O–H groups in total. The van der Waals surface area contributed by atoms with Crippen molar-refractivity contribution in [1.29, 1.82) is 0 Å². The molecule has 0 atom stereocenters. The van der Waals surface area contributed by atoms with E-state index < -0.39 is 0 Å². The average Bonchev–Trinajstić information content (AvgIpc) is 2.27. The highest BCUT2D eigenvalue weighted by molar-refractivity contribution is 5.96. The van der Waals surface area contributed by atoms with Crippen LogP contribution >= 0.6 is 0 Å². The van der Waals surface area contributed by atoms with Gasteiger partial charge < -0.3 is 14.8 Å². The number of rotatable bonds is 2. The molecule has 1 aliphatic rings. The van der Waals surface area contributed by atoms with E-state index in [0.717, 1.165) is 0 Å². The van der Waals surface area contributed by atoms with E-state index in [4.69, 9.17) is 9.47 Å². The van der Waals surface area contributed by atoms with Gasteiger partial charge in [-0.2, -0.15) is 0 Å². The SMILES string of the molecule is CC(=O)Nc1cc2c(cc1C=O)OCCO2. The third-order valence-corrected chi connectivity index (χ3v) is 2.15. The van der Waals surface area contributed by atoms with Crippen LogP contribution in [-0.4, -0.2) is 25.4 Å². The molecule has 0 spiro atoms. The summed E-state index contributed by atoms with van der Waals surface area (Å²) in [4.78, 5) is 21.8. The molecule has 1 heterocycles. The highest BCUT2D eigenvalue weighted by atomic mass is 16.6. The van der Waals surface area contributed by atoms with E-state index in [1.807, 2.05) is 0 Å². The Kier molecular flexibility index (Phi) is 2.76. The van der Waals surface area contributed by atoms with Gasteiger partial charge in [-0.1, -0.05) is 0 Å². The van der Waals surface area contributed by atoms with E-state index in [1.165, 1.54) is 6.92 Å². The number of amides is 1. The van der Waals surface area contributed by atoms with E-state index in [1.54, 1.807) is 12.1 Å². The van der Waals surface area contributed by atoms with Crippen LogP contribution in [0.2, 0.25) is 0 Å². The van der Waals surface area contributed by atoms with Gasteiger partial charge in [-0.15, -0.1) is 0 Å². The molecule has 5 heteroatoms. The zero-order valence-electron chi connectivity index (χ0n) is 8.78. The van der Waals surface area contributed by atoms with Crippen molar-refractivity contribution in [3.8, 4) is 11.5 Å². The van der Waals surface area contributed by atoms with Crippen LogP contribution in [0.1, 0.15) is 17.3 Å². The molecule has 16 heavy (non-hydrogen) atoms. The largest absolute Gasteiger partial charge is 0.486 e. The summed E-state index contributed by atoms with van der Waals surface area (Å²) in [5, 5.41) is 2.57. The summed E-state index contributed by atoms with van der Waals surface area (Å²) in [6.07, 6.45) is 0.670. The Labute approximate surface area is 92.4 Å². The van der Waals surface area contributed by atoms with E-state index in [0.29, 0.717) is 42.2 Å². The number of aldehydes is 1. The van der Waals surface area contributed by atoms with E-state index in [-0.39, 0.29) is 5.91 Å². The molecule has 0 aromatic heterocycles. The van der Waals surface area contributed by atoms with Crippen molar-refractivity contribution >= 4 is 17.9 Å². The van der Waals surface area contributed by atoms with Crippen molar-refractivity contribution in [1.82, 2.24) is 0 Å². The molecule has 1 amide bonds. The molecule has 0 fully saturated rings. The minimum absolute atomic E-state index is 0.236. The zero-order chi connectivity index (χ0) is 11.5. The Morgan fingerprint density at radius 2 is 1.94 bits per heavy atom. The van der Waals surface area contributed by atoms with Gasteiger partial charge in [0, 0.05) is 18.6 Å². The lowest BCUT2D eigenvalue weighted by Gasteiger charge is -2.20. The van der Waals surface area contributed by atoms with Gasteiger partial charge in [-0.05, 0) is 6.07 Å². The Balaban J connectivity index is 2.42. The molecule has 2 rings (SSSR count). The monoisotopic (exact) mass is 221 g/mol. The number of ether oxygens (including phenoxy) is 2. The predicted molar refractivity (Wildman–Crippen MR) is 57.1 cm³/mol. The van der Waals surface area contributed by atoms with Crippen LogP contribution < -0.4 is 14.8 Å². The summed E-state index contributed by atoms with van der Waals surface area (Å²) < 4.78 is 10.7. The van der Waals surface area contributed by atoms with Crippen LogP contribution in [0, 0.1) is 0 Å². The number of benzene rings is 1. The highest BCUT2D eigenvalue weighted by Crippen LogP contribution is 2.34. The summed E-state index contributed by atoms with van der Waals surface area (Å²) in [5.74, 6) is 0.836. The number of carbonyl (C=O) groups is 2. The van der Waals surface area contributed by atoms with Gasteiger partial charge in [-0.25, -0.2) is 0 Å². The number of hydrogen-bond acceptors (Lipinski definition) is 4. The van der Waals surface area contributed by atoms with Gasteiger partial charge in [0.15, 0.2) is 17.8 Å². The first-order valence-corrected chi connectivity index (χ1v) is 4.87. The maximum Gasteiger partial charge on any atom is 0.221 e. The number of carbonyl (C=O) groups excluding carboxylic acids is 2. The maximum absolute atomic E-state index is 11.0. The van der Waals surface area contributed by atoms with E-state index in [9.17, 15) is 9.59 Å². The molecule has 0 saturated heterocycles. The molecule has 84 valence electrons. The third kappa shape index (κ3) is 1.98. The van der Waals surface area contributed by atoms with Crippen molar-refractivity contribution in [2.75, 3.05) is 18.5 Å². The number of fused-ring (bicyclic) bond motifs is 1. The fraction of sp³-hybridized carbons (Fsp3) is 0.273. The molecule has 0 radical (unpaired) electrons. The van der Waals surface area contributed by atoms with E-state index in [2.05, 4.69) is 5.32 Å². The summed E-state index contributed by atoms with van der Waals surface area (Å²) in [5.41, 5.74) is 0.811. The van der Waals surface area contributed by atoms with Crippen LogP contribution in [-0.2, 0) is 4.79 Å². The van der Waals surface area contributed by atoms with Crippen molar-refractivity contribution in [3.05, 3.63) is 17.7 Å². The summed E-state index contributed by atoms with van der Waals surface area (Å²) in [6.45, 7) is 2.31. The second-order valence-corrected chi connectivity index (χ2v) is 3.38. The number of nitrogens with one attached hydrogen (secondary N) is 1. The Hall–Kier alpha value is -2.04. The molecule has 1 aromatic rings. The van der Waals surface area contributed by atoms with Gasteiger partial charge in [0.2, 0.25) is 5.91 Å². The van der Waals surface area contributed by atoms with E-state index >= 15 is 0 Å². The molecule has 5 nitrogen and oxygen atoms in total. The first kappa shape index (κ1) is 10.5. The van der Waals surface area contributed by atoms with Gasteiger partial charge in [0.25, 0.3) is 0 Å². The van der Waals surface area contributed by atoms with Crippen LogP contribution in [0.5, 0.6) is 11.5 Å². The standard InChI is InChI=1S/C11H11NO4/c1-7(14)12-9-5-11-10(4-8(9)6-13)15-2-3-16-11/h4-6H,2-3H2,1H3,(H,12,14). The first-order valence-electron chi connectivity index (χ1n) is 4.87. The van der Waals surface area contributed by atoms with Crippen LogP contribution in [0.15, 0.2) is 12.1 Å². The van der Waals surface area contributed by atoms with Gasteiger partial charge >= 0.3 is 0 Å². The smallest absolute Gasteiger partial charge is 0.221 e. The predicted octanol–water partition coefficient (Wildman–Crippen LogP) is 1.23. The van der Waals surface area contributed by atoms with Crippen molar-refractivity contribution in [2.45, 2.75) is 6.92 Å². The van der Waals surface area contributed by atoms with Crippen LogP contribution in [0.3, 0.4) is 0 Å². The molecular formula is C11H11NO4. The normalized spacial score (nSPS) is 13.1. The first-order chi connectivity index (χ1) is 7.70. The lowest BCUT2D eigenvalue weighted by molar-refractivity contribution is -0.114. The third-order valence-electron chi connectivity index (χ3n) is 2.15. The van der Waals surface area contributed by atoms with Gasteiger partial charge in [0.05, 0.1) is 5.69 Å². The summed E-state index contributed by atoms with van der Waals surface area (Å²) >= 11 is 0. The van der Waals surface area contributed by atoms with Crippen molar-refractivity contribution in [3.63, 3.8) is 0 Å². The van der Waals surface area contributed by atoms with Crippen molar-refractivity contribution < 1.29 is 19.1 Å². The van der Waals surface area contributed by atoms with Gasteiger partial charge in [0.1, 0.15) is 13.2 Å².